The molecule has 1 aromatic heterocycles. The Hall–Kier alpha value is -1.51. The molecule has 4 rings (SSSR count). The van der Waals surface area contributed by atoms with Gasteiger partial charge in [0.25, 0.3) is 0 Å². The van der Waals surface area contributed by atoms with E-state index in [2.05, 4.69) is 54.0 Å². The zero-order valence-electron chi connectivity index (χ0n) is 13.0. The Kier molecular flexibility index (Phi) is 4.16. The van der Waals surface area contributed by atoms with Crippen LogP contribution in [0.15, 0.2) is 42.5 Å². The topological polar surface area (TPSA) is 30.9 Å². The second-order valence-corrected chi connectivity index (χ2v) is 6.25. The molecule has 1 fully saturated rings. The van der Waals surface area contributed by atoms with Gasteiger partial charge in [-0.25, -0.2) is 0 Å². The summed E-state index contributed by atoms with van der Waals surface area (Å²) in [4.78, 5) is 0. The predicted molar refractivity (Wildman–Crippen MR) is 96.6 cm³/mol. The Bertz CT molecular complexity index is 802. The van der Waals surface area contributed by atoms with Crippen LogP contribution in [0.2, 0.25) is 0 Å². The number of fused-ring (bicyclic) bond motifs is 3. The van der Waals surface area contributed by atoms with Crippen LogP contribution < -0.4 is 5.73 Å². The lowest BCUT2D eigenvalue weighted by molar-refractivity contribution is 0.264. The van der Waals surface area contributed by atoms with Crippen molar-refractivity contribution in [3.05, 3.63) is 48.0 Å². The summed E-state index contributed by atoms with van der Waals surface area (Å²) in [6.45, 7) is 3.21. The second-order valence-electron chi connectivity index (χ2n) is 6.25. The highest BCUT2D eigenvalue weighted by Gasteiger charge is 2.25. The van der Waals surface area contributed by atoms with E-state index in [1.54, 1.807) is 0 Å². The number of hydrogen-bond donors (Lipinski definition) is 1. The monoisotopic (exact) mass is 314 g/mol. The van der Waals surface area contributed by atoms with Gasteiger partial charge in [0.05, 0.1) is 0 Å². The van der Waals surface area contributed by atoms with Crippen molar-refractivity contribution in [2.24, 2.45) is 11.7 Å². The van der Waals surface area contributed by atoms with Crippen LogP contribution in [-0.2, 0) is 6.54 Å². The molecule has 1 atom stereocenters. The van der Waals surface area contributed by atoms with E-state index in [0.29, 0.717) is 5.92 Å². The van der Waals surface area contributed by atoms with Crippen LogP contribution in [0.4, 0.5) is 0 Å². The van der Waals surface area contributed by atoms with E-state index in [1.165, 1.54) is 46.6 Å². The molecule has 1 saturated carbocycles. The van der Waals surface area contributed by atoms with Crippen LogP contribution in [0.3, 0.4) is 0 Å². The van der Waals surface area contributed by atoms with Gasteiger partial charge in [0.1, 0.15) is 0 Å². The zero-order valence-corrected chi connectivity index (χ0v) is 13.8. The number of halogens is 1. The summed E-state index contributed by atoms with van der Waals surface area (Å²) in [5, 5.41) is 2.69. The number of nitrogens with two attached hydrogens (primary N) is 1. The van der Waals surface area contributed by atoms with Crippen molar-refractivity contribution in [2.45, 2.75) is 38.8 Å². The minimum absolute atomic E-state index is 0. The van der Waals surface area contributed by atoms with Gasteiger partial charge in [-0.15, -0.1) is 12.4 Å². The number of hydrogen-bond acceptors (Lipinski definition) is 1. The lowest BCUT2D eigenvalue weighted by Gasteiger charge is -2.31. The van der Waals surface area contributed by atoms with Crippen molar-refractivity contribution in [3.8, 4) is 0 Å². The highest BCUT2D eigenvalue weighted by Crippen LogP contribution is 2.38. The number of rotatable bonds is 3. The van der Waals surface area contributed by atoms with Crippen molar-refractivity contribution in [3.63, 3.8) is 0 Å². The van der Waals surface area contributed by atoms with Crippen molar-refractivity contribution in [1.82, 2.24) is 4.57 Å². The minimum atomic E-state index is 0. The molecule has 1 aliphatic carbocycles. The maximum Gasteiger partial charge on any atom is 0.0491 e. The molecule has 0 saturated heterocycles. The Morgan fingerprint density at radius 2 is 1.82 bits per heavy atom. The maximum absolute atomic E-state index is 6.47. The van der Waals surface area contributed by atoms with Crippen LogP contribution in [0.5, 0.6) is 0 Å². The van der Waals surface area contributed by atoms with Gasteiger partial charge in [0.2, 0.25) is 0 Å². The van der Waals surface area contributed by atoms with Gasteiger partial charge in [-0.05, 0) is 49.4 Å². The van der Waals surface area contributed by atoms with Gasteiger partial charge < -0.3 is 10.3 Å². The molecule has 22 heavy (non-hydrogen) atoms. The maximum atomic E-state index is 6.47. The molecule has 1 aliphatic rings. The molecule has 1 heterocycles. The normalized spacial score (nSPS) is 16.5. The van der Waals surface area contributed by atoms with E-state index in [9.17, 15) is 0 Å². The first-order chi connectivity index (χ1) is 10.3. The van der Waals surface area contributed by atoms with E-state index < -0.39 is 0 Å². The number of aryl methyl sites for hydroxylation is 1. The molecular weight excluding hydrogens is 292 g/mol. The quantitative estimate of drug-likeness (QED) is 0.721. The molecule has 0 aliphatic heterocycles. The van der Waals surface area contributed by atoms with E-state index in [1.807, 2.05) is 0 Å². The number of nitrogens with zero attached hydrogens (tertiary/aromatic N) is 1. The Morgan fingerprint density at radius 3 is 2.50 bits per heavy atom. The van der Waals surface area contributed by atoms with E-state index in [-0.39, 0.29) is 18.4 Å². The Balaban J connectivity index is 0.00000144. The molecule has 3 heteroatoms. The van der Waals surface area contributed by atoms with E-state index in [4.69, 9.17) is 5.73 Å². The largest absolute Gasteiger partial charge is 0.341 e. The molecular formula is C19H23ClN2. The molecule has 0 bridgehead atoms. The second kappa shape index (κ2) is 5.94. The van der Waals surface area contributed by atoms with Crippen molar-refractivity contribution >= 4 is 34.2 Å². The number of para-hydroxylation sites is 1. The third-order valence-electron chi connectivity index (χ3n) is 5.16. The first-order valence-corrected chi connectivity index (χ1v) is 8.06. The van der Waals surface area contributed by atoms with Crippen LogP contribution in [0.25, 0.3) is 21.8 Å². The summed E-state index contributed by atoms with van der Waals surface area (Å²) < 4.78 is 2.39. The van der Waals surface area contributed by atoms with Gasteiger partial charge >= 0.3 is 0 Å². The summed E-state index contributed by atoms with van der Waals surface area (Å²) in [6, 6.07) is 15.7. The Labute approximate surface area is 137 Å². The van der Waals surface area contributed by atoms with E-state index >= 15 is 0 Å². The predicted octanol–water partition coefficient (Wildman–Crippen LogP) is 5.04. The van der Waals surface area contributed by atoms with Crippen molar-refractivity contribution in [1.29, 1.82) is 0 Å². The average molecular weight is 315 g/mol. The van der Waals surface area contributed by atoms with E-state index in [0.717, 1.165) is 6.54 Å². The zero-order chi connectivity index (χ0) is 14.4. The fourth-order valence-electron chi connectivity index (χ4n) is 3.69. The first-order valence-electron chi connectivity index (χ1n) is 8.06. The van der Waals surface area contributed by atoms with Crippen LogP contribution in [0.1, 0.15) is 37.8 Å². The molecule has 2 N–H and O–H groups in total. The molecule has 2 aromatic carbocycles. The number of benzene rings is 2. The summed E-state index contributed by atoms with van der Waals surface area (Å²) in [7, 11) is 0. The van der Waals surface area contributed by atoms with Crippen molar-refractivity contribution in [2.75, 3.05) is 0 Å². The summed E-state index contributed by atoms with van der Waals surface area (Å²) in [5.41, 5.74) is 10.4. The van der Waals surface area contributed by atoms with Crippen LogP contribution in [0, 0.1) is 5.92 Å². The van der Waals surface area contributed by atoms with Gasteiger partial charge in [0.15, 0.2) is 0 Å². The molecule has 0 unspecified atom stereocenters. The van der Waals surface area contributed by atoms with Crippen LogP contribution in [-0.4, -0.2) is 4.57 Å². The lowest BCUT2D eigenvalue weighted by atomic mass is 9.77. The fourth-order valence-corrected chi connectivity index (χ4v) is 3.69. The molecule has 0 amide bonds. The average Bonchev–Trinajstić information content (AvgIpc) is 2.78. The molecule has 3 aromatic rings. The first kappa shape index (κ1) is 15.4. The van der Waals surface area contributed by atoms with Gasteiger partial charge in [-0.2, -0.15) is 0 Å². The highest BCUT2D eigenvalue weighted by molar-refractivity contribution is 6.08. The van der Waals surface area contributed by atoms with Gasteiger partial charge in [-0.1, -0.05) is 30.7 Å². The van der Waals surface area contributed by atoms with Crippen molar-refractivity contribution < 1.29 is 0 Å². The van der Waals surface area contributed by atoms with Gasteiger partial charge in [0, 0.05) is 34.4 Å². The SMILES string of the molecule is CCn1c2ccccc2c2cc([C@@H](N)C3CCC3)ccc21.Cl. The third kappa shape index (κ3) is 2.22. The molecule has 0 spiro atoms. The third-order valence-corrected chi connectivity index (χ3v) is 5.16. The molecule has 0 radical (unpaired) electrons. The smallest absolute Gasteiger partial charge is 0.0491 e. The van der Waals surface area contributed by atoms with Gasteiger partial charge in [-0.3, -0.25) is 0 Å². The standard InChI is InChI=1S/C19H22N2.ClH/c1-2-21-17-9-4-3-8-15(17)16-12-14(10-11-18(16)21)19(20)13-6-5-7-13;/h3-4,8-13,19H,2,5-7,20H2,1H3;1H/t19-;/m0./s1. The lowest BCUT2D eigenvalue weighted by Crippen LogP contribution is -2.26. The summed E-state index contributed by atoms with van der Waals surface area (Å²) >= 11 is 0. The number of aromatic nitrogens is 1. The molecule has 116 valence electrons. The summed E-state index contributed by atoms with van der Waals surface area (Å²) in [5.74, 6) is 0.682. The fraction of sp³-hybridized carbons (Fsp3) is 0.368. The summed E-state index contributed by atoms with van der Waals surface area (Å²) in [6.07, 6.45) is 3.92. The molecule has 2 nitrogen and oxygen atoms in total. The van der Waals surface area contributed by atoms with Crippen LogP contribution >= 0.6 is 12.4 Å². The minimum Gasteiger partial charge on any atom is -0.341 e. The highest BCUT2D eigenvalue weighted by atomic mass is 35.5. The Morgan fingerprint density at radius 1 is 1.09 bits per heavy atom.